The summed E-state index contributed by atoms with van der Waals surface area (Å²) in [6.07, 6.45) is 2.90. The minimum atomic E-state index is -0.485. The SMILES string of the molecule is Cc1cc(OCC(=O)NNC(=O)/C=C/c2ccc(Cl)cc2)ccc1Cl. The summed E-state index contributed by atoms with van der Waals surface area (Å²) in [5, 5.41) is 1.24. The van der Waals surface area contributed by atoms with Crippen LogP contribution in [0.25, 0.3) is 6.08 Å². The molecule has 0 spiro atoms. The molecule has 130 valence electrons. The van der Waals surface area contributed by atoms with Gasteiger partial charge in [-0.2, -0.15) is 0 Å². The number of benzene rings is 2. The molecule has 2 N–H and O–H groups in total. The van der Waals surface area contributed by atoms with Crippen molar-refractivity contribution in [3.8, 4) is 5.75 Å². The first kappa shape index (κ1) is 18.8. The summed E-state index contributed by atoms with van der Waals surface area (Å²) < 4.78 is 5.32. The standard InChI is InChI=1S/C18H16Cl2N2O3/c1-12-10-15(7-8-16(12)20)25-11-18(24)22-21-17(23)9-4-13-2-5-14(19)6-3-13/h2-10H,11H2,1H3,(H,21,23)(H,22,24)/b9-4+. The number of carbonyl (C=O) groups excluding carboxylic acids is 2. The predicted molar refractivity (Wildman–Crippen MR) is 98.5 cm³/mol. The third-order valence-corrected chi connectivity index (χ3v) is 3.80. The first-order chi connectivity index (χ1) is 11.9. The monoisotopic (exact) mass is 378 g/mol. The largest absolute Gasteiger partial charge is 0.484 e. The van der Waals surface area contributed by atoms with Crippen molar-refractivity contribution in [1.29, 1.82) is 0 Å². The minimum Gasteiger partial charge on any atom is -0.484 e. The fourth-order valence-corrected chi connectivity index (χ4v) is 2.05. The molecule has 0 radical (unpaired) electrons. The molecule has 25 heavy (non-hydrogen) atoms. The summed E-state index contributed by atoms with van der Waals surface area (Å²) >= 11 is 11.7. The van der Waals surface area contributed by atoms with Gasteiger partial charge in [0.1, 0.15) is 5.75 Å². The van der Waals surface area contributed by atoms with E-state index in [0.717, 1.165) is 11.1 Å². The van der Waals surface area contributed by atoms with E-state index in [0.29, 0.717) is 15.8 Å². The molecule has 0 bridgehead atoms. The average Bonchev–Trinajstić information content (AvgIpc) is 2.60. The zero-order valence-electron chi connectivity index (χ0n) is 13.4. The van der Waals surface area contributed by atoms with Gasteiger partial charge in [-0.05, 0) is 54.5 Å². The Bertz CT molecular complexity index is 789. The smallest absolute Gasteiger partial charge is 0.276 e. The van der Waals surface area contributed by atoms with Gasteiger partial charge in [0.25, 0.3) is 11.8 Å². The van der Waals surface area contributed by atoms with E-state index in [-0.39, 0.29) is 6.61 Å². The van der Waals surface area contributed by atoms with Crippen molar-refractivity contribution in [2.24, 2.45) is 0 Å². The Labute approximate surface area is 155 Å². The van der Waals surface area contributed by atoms with Crippen LogP contribution in [-0.2, 0) is 9.59 Å². The van der Waals surface area contributed by atoms with Crippen molar-refractivity contribution in [2.45, 2.75) is 6.92 Å². The molecule has 2 amide bonds. The van der Waals surface area contributed by atoms with Crippen molar-refractivity contribution in [3.05, 3.63) is 69.7 Å². The van der Waals surface area contributed by atoms with E-state index in [1.807, 2.05) is 6.92 Å². The van der Waals surface area contributed by atoms with Crippen LogP contribution in [0.15, 0.2) is 48.5 Å². The van der Waals surface area contributed by atoms with Gasteiger partial charge >= 0.3 is 0 Å². The molecule has 0 heterocycles. The van der Waals surface area contributed by atoms with Crippen LogP contribution in [0.3, 0.4) is 0 Å². The fourth-order valence-electron chi connectivity index (χ4n) is 1.81. The lowest BCUT2D eigenvalue weighted by atomic mass is 10.2. The fraction of sp³-hybridized carbons (Fsp3) is 0.111. The van der Waals surface area contributed by atoms with E-state index in [1.165, 1.54) is 6.08 Å². The lowest BCUT2D eigenvalue weighted by molar-refractivity contribution is -0.128. The molecule has 2 rings (SSSR count). The molecular weight excluding hydrogens is 363 g/mol. The number of amides is 2. The van der Waals surface area contributed by atoms with E-state index < -0.39 is 11.8 Å². The maximum absolute atomic E-state index is 11.7. The van der Waals surface area contributed by atoms with Crippen LogP contribution in [0.1, 0.15) is 11.1 Å². The van der Waals surface area contributed by atoms with Gasteiger partial charge in [-0.25, -0.2) is 0 Å². The molecule has 0 aromatic heterocycles. The Morgan fingerprint density at radius 1 is 1.08 bits per heavy atom. The third-order valence-electron chi connectivity index (χ3n) is 3.12. The second kappa shape index (κ2) is 9.11. The molecule has 0 saturated carbocycles. The minimum absolute atomic E-state index is 0.234. The molecule has 0 saturated heterocycles. The van der Waals surface area contributed by atoms with E-state index >= 15 is 0 Å². The summed E-state index contributed by atoms with van der Waals surface area (Å²) in [5.74, 6) is -0.433. The molecule has 2 aromatic carbocycles. The number of ether oxygens (including phenoxy) is 1. The van der Waals surface area contributed by atoms with Crippen LogP contribution in [0, 0.1) is 6.92 Å². The molecule has 0 aliphatic rings. The number of hydrazine groups is 1. The van der Waals surface area contributed by atoms with Crippen LogP contribution >= 0.6 is 23.2 Å². The van der Waals surface area contributed by atoms with Crippen molar-refractivity contribution in [3.63, 3.8) is 0 Å². The summed E-state index contributed by atoms with van der Waals surface area (Å²) in [4.78, 5) is 23.3. The van der Waals surface area contributed by atoms with Gasteiger partial charge in [-0.1, -0.05) is 35.3 Å². The van der Waals surface area contributed by atoms with Gasteiger partial charge in [-0.15, -0.1) is 0 Å². The molecule has 0 atom stereocenters. The Morgan fingerprint density at radius 3 is 2.48 bits per heavy atom. The summed E-state index contributed by atoms with van der Waals surface area (Å²) in [6.45, 7) is 1.60. The van der Waals surface area contributed by atoms with Gasteiger partial charge < -0.3 is 4.74 Å². The highest BCUT2D eigenvalue weighted by Gasteiger charge is 2.05. The topological polar surface area (TPSA) is 67.4 Å². The molecule has 0 unspecified atom stereocenters. The van der Waals surface area contributed by atoms with Crippen molar-refractivity contribution < 1.29 is 14.3 Å². The number of nitrogens with one attached hydrogen (secondary N) is 2. The highest BCUT2D eigenvalue weighted by molar-refractivity contribution is 6.31. The van der Waals surface area contributed by atoms with Crippen LogP contribution in [-0.4, -0.2) is 18.4 Å². The van der Waals surface area contributed by atoms with Gasteiger partial charge in [0.05, 0.1) is 0 Å². The second-order valence-electron chi connectivity index (χ2n) is 5.12. The lowest BCUT2D eigenvalue weighted by Gasteiger charge is -2.08. The predicted octanol–water partition coefficient (Wildman–Crippen LogP) is 3.54. The maximum atomic E-state index is 11.7. The van der Waals surface area contributed by atoms with Crippen molar-refractivity contribution in [1.82, 2.24) is 10.9 Å². The Hall–Kier alpha value is -2.50. The second-order valence-corrected chi connectivity index (χ2v) is 5.97. The van der Waals surface area contributed by atoms with E-state index in [4.69, 9.17) is 27.9 Å². The normalized spacial score (nSPS) is 10.5. The van der Waals surface area contributed by atoms with Gasteiger partial charge in [0.2, 0.25) is 0 Å². The van der Waals surface area contributed by atoms with Crippen LogP contribution < -0.4 is 15.6 Å². The molecule has 7 heteroatoms. The van der Waals surface area contributed by atoms with Crippen LogP contribution in [0.2, 0.25) is 10.0 Å². The van der Waals surface area contributed by atoms with Gasteiger partial charge in [-0.3, -0.25) is 20.4 Å². The molecule has 0 fully saturated rings. The van der Waals surface area contributed by atoms with Gasteiger partial charge in [0, 0.05) is 16.1 Å². The first-order valence-corrected chi connectivity index (χ1v) is 8.11. The maximum Gasteiger partial charge on any atom is 0.276 e. The zero-order valence-corrected chi connectivity index (χ0v) is 14.9. The summed E-state index contributed by atoms with van der Waals surface area (Å²) in [5.41, 5.74) is 6.19. The van der Waals surface area contributed by atoms with E-state index in [1.54, 1.807) is 48.5 Å². The van der Waals surface area contributed by atoms with Crippen molar-refractivity contribution in [2.75, 3.05) is 6.61 Å². The molecular formula is C18H16Cl2N2O3. The summed E-state index contributed by atoms with van der Waals surface area (Å²) in [6, 6.07) is 12.1. The van der Waals surface area contributed by atoms with Gasteiger partial charge in [0.15, 0.2) is 6.61 Å². The number of carbonyl (C=O) groups is 2. The number of hydrogen-bond acceptors (Lipinski definition) is 3. The van der Waals surface area contributed by atoms with Crippen LogP contribution in [0.5, 0.6) is 5.75 Å². The number of aryl methyl sites for hydroxylation is 1. The third kappa shape index (κ3) is 6.49. The Morgan fingerprint density at radius 2 is 1.80 bits per heavy atom. The average molecular weight is 379 g/mol. The lowest BCUT2D eigenvalue weighted by Crippen LogP contribution is -2.43. The van der Waals surface area contributed by atoms with E-state index in [9.17, 15) is 9.59 Å². The van der Waals surface area contributed by atoms with Crippen molar-refractivity contribution >= 4 is 41.1 Å². The Balaban J connectivity index is 1.74. The van der Waals surface area contributed by atoms with Crippen LogP contribution in [0.4, 0.5) is 0 Å². The number of rotatable bonds is 5. The number of halogens is 2. The highest BCUT2D eigenvalue weighted by atomic mass is 35.5. The highest BCUT2D eigenvalue weighted by Crippen LogP contribution is 2.20. The zero-order chi connectivity index (χ0) is 18.2. The molecule has 0 aliphatic heterocycles. The summed E-state index contributed by atoms with van der Waals surface area (Å²) in [7, 11) is 0. The number of hydrogen-bond donors (Lipinski definition) is 2. The first-order valence-electron chi connectivity index (χ1n) is 7.35. The quantitative estimate of drug-likeness (QED) is 0.617. The molecule has 5 nitrogen and oxygen atoms in total. The molecule has 2 aromatic rings. The Kier molecular flexibility index (Phi) is 6.86. The van der Waals surface area contributed by atoms with E-state index in [2.05, 4.69) is 10.9 Å². The molecule has 0 aliphatic carbocycles.